The second-order valence-corrected chi connectivity index (χ2v) is 7.99. The Balaban J connectivity index is 1.76. The zero-order valence-electron chi connectivity index (χ0n) is 11.7. The number of hydrogen-bond donors (Lipinski definition) is 1. The van der Waals surface area contributed by atoms with Gasteiger partial charge < -0.3 is 19.3 Å². The van der Waals surface area contributed by atoms with Crippen molar-refractivity contribution in [3.05, 3.63) is 0 Å². The van der Waals surface area contributed by atoms with Crippen LogP contribution in [0.15, 0.2) is 0 Å². The summed E-state index contributed by atoms with van der Waals surface area (Å²) in [7, 11) is 0. The van der Waals surface area contributed by atoms with E-state index < -0.39 is 11.4 Å². The third kappa shape index (κ3) is 0.892. The van der Waals surface area contributed by atoms with Gasteiger partial charge in [0, 0.05) is 18.3 Å². The Hall–Kier alpha value is -0.160. The van der Waals surface area contributed by atoms with Gasteiger partial charge in [-0.05, 0) is 26.2 Å². The maximum Gasteiger partial charge on any atom is 0.180 e. The smallest absolute Gasteiger partial charge is 0.180 e. The van der Waals surface area contributed by atoms with Gasteiger partial charge in [-0.2, -0.15) is 0 Å². The summed E-state index contributed by atoms with van der Waals surface area (Å²) in [6, 6.07) is 0. The standard InChI is InChI=1S/C15H22O4/c1-11-3-4-13(9-17-11)12(2)5-10-6-14(12,8-16)19-15(13,7-11)18-10/h10,16H,3-9H2,1-2H3. The Morgan fingerprint density at radius 2 is 2.05 bits per heavy atom. The third-order valence-corrected chi connectivity index (χ3v) is 7.31. The maximum absolute atomic E-state index is 10.0. The van der Waals surface area contributed by atoms with E-state index in [1.54, 1.807) is 0 Å². The molecule has 6 unspecified atom stereocenters. The topological polar surface area (TPSA) is 47.9 Å². The lowest BCUT2D eigenvalue weighted by Crippen LogP contribution is -2.70. The molecule has 0 aromatic carbocycles. The first-order valence-electron chi connectivity index (χ1n) is 7.55. The van der Waals surface area contributed by atoms with Crippen LogP contribution in [0.25, 0.3) is 0 Å². The van der Waals surface area contributed by atoms with E-state index in [1.165, 1.54) is 0 Å². The Kier molecular flexibility index (Phi) is 1.67. The highest BCUT2D eigenvalue weighted by Gasteiger charge is 2.86. The van der Waals surface area contributed by atoms with Gasteiger partial charge in [0.1, 0.15) is 5.60 Å². The predicted octanol–water partition coefficient (Wildman–Crippen LogP) is 1.60. The zero-order chi connectivity index (χ0) is 13.1. The van der Waals surface area contributed by atoms with Crippen LogP contribution in [0.4, 0.5) is 0 Å². The van der Waals surface area contributed by atoms with Gasteiger partial charge in [-0.25, -0.2) is 0 Å². The molecular weight excluding hydrogens is 244 g/mol. The minimum absolute atomic E-state index is 0.000579. The van der Waals surface area contributed by atoms with Gasteiger partial charge in [-0.1, -0.05) is 6.92 Å². The van der Waals surface area contributed by atoms with Crippen LogP contribution in [0.1, 0.15) is 46.0 Å². The van der Waals surface area contributed by atoms with Crippen molar-refractivity contribution < 1.29 is 19.3 Å². The highest BCUT2D eigenvalue weighted by atomic mass is 16.7. The number of rotatable bonds is 1. The third-order valence-electron chi connectivity index (χ3n) is 7.31. The van der Waals surface area contributed by atoms with Crippen molar-refractivity contribution in [1.29, 1.82) is 0 Å². The van der Waals surface area contributed by atoms with E-state index in [2.05, 4.69) is 13.8 Å². The highest BCUT2D eigenvalue weighted by Crippen LogP contribution is 2.79. The highest BCUT2D eigenvalue weighted by molar-refractivity contribution is 5.30. The van der Waals surface area contributed by atoms with Gasteiger partial charge in [-0.3, -0.25) is 0 Å². The lowest BCUT2D eigenvalue weighted by molar-refractivity contribution is -0.405. The monoisotopic (exact) mass is 266 g/mol. The number of hydrogen-bond acceptors (Lipinski definition) is 4. The van der Waals surface area contributed by atoms with Crippen molar-refractivity contribution in [1.82, 2.24) is 0 Å². The first-order chi connectivity index (χ1) is 8.92. The van der Waals surface area contributed by atoms with E-state index in [9.17, 15) is 5.11 Å². The summed E-state index contributed by atoms with van der Waals surface area (Å²) in [6.45, 7) is 5.34. The summed E-state index contributed by atoms with van der Waals surface area (Å²) < 4.78 is 19.1. The minimum atomic E-state index is -0.489. The summed E-state index contributed by atoms with van der Waals surface area (Å²) in [5, 5.41) is 10.0. The van der Waals surface area contributed by atoms with Crippen LogP contribution in [0.2, 0.25) is 0 Å². The molecule has 7 fully saturated rings. The molecule has 7 rings (SSSR count). The molecule has 6 bridgehead atoms. The van der Waals surface area contributed by atoms with E-state index in [0.29, 0.717) is 0 Å². The Morgan fingerprint density at radius 1 is 1.21 bits per heavy atom. The van der Waals surface area contributed by atoms with Crippen LogP contribution >= 0.6 is 0 Å². The fourth-order valence-corrected chi connectivity index (χ4v) is 6.22. The molecule has 4 nitrogen and oxygen atoms in total. The summed E-state index contributed by atoms with van der Waals surface area (Å²) in [4.78, 5) is 0. The van der Waals surface area contributed by atoms with Gasteiger partial charge in [0.15, 0.2) is 5.79 Å². The van der Waals surface area contributed by atoms with E-state index in [-0.39, 0.29) is 29.1 Å². The van der Waals surface area contributed by atoms with Gasteiger partial charge >= 0.3 is 0 Å². The SMILES string of the molecule is CC12CCC3(CO1)C1(C2)OC2CC(CO)(O1)C3(C)C2. The van der Waals surface area contributed by atoms with Gasteiger partial charge in [-0.15, -0.1) is 0 Å². The molecule has 106 valence electrons. The molecule has 2 spiro atoms. The van der Waals surface area contributed by atoms with E-state index in [1.807, 2.05) is 0 Å². The number of fused-ring (bicyclic) bond motifs is 2. The normalized spacial score (nSPS) is 68.7. The van der Waals surface area contributed by atoms with Crippen molar-refractivity contribution in [3.63, 3.8) is 0 Å². The Morgan fingerprint density at radius 3 is 2.74 bits per heavy atom. The van der Waals surface area contributed by atoms with Crippen LogP contribution in [-0.2, 0) is 14.2 Å². The van der Waals surface area contributed by atoms with Crippen LogP contribution in [-0.4, -0.2) is 41.4 Å². The molecule has 0 aromatic rings. The fraction of sp³-hybridized carbons (Fsp3) is 1.00. The van der Waals surface area contributed by atoms with Crippen LogP contribution in [0.5, 0.6) is 0 Å². The summed E-state index contributed by atoms with van der Waals surface area (Å²) in [5.41, 5.74) is -0.546. The van der Waals surface area contributed by atoms with Crippen molar-refractivity contribution in [2.24, 2.45) is 10.8 Å². The lowest BCUT2D eigenvalue weighted by atomic mass is 9.49. The summed E-state index contributed by atoms with van der Waals surface area (Å²) in [6.07, 6.45) is 5.14. The average molecular weight is 266 g/mol. The van der Waals surface area contributed by atoms with Gasteiger partial charge in [0.05, 0.1) is 30.3 Å². The first kappa shape index (κ1) is 11.5. The Bertz CT molecular complexity index is 469. The molecule has 0 amide bonds. The minimum Gasteiger partial charge on any atom is -0.393 e. The quantitative estimate of drug-likeness (QED) is 0.783. The Labute approximate surface area is 113 Å². The largest absolute Gasteiger partial charge is 0.393 e. The molecule has 5 heterocycles. The molecule has 2 aliphatic carbocycles. The molecule has 0 radical (unpaired) electrons. The average Bonchev–Trinajstić information content (AvgIpc) is 2.64. The van der Waals surface area contributed by atoms with Gasteiger partial charge in [0.25, 0.3) is 0 Å². The van der Waals surface area contributed by atoms with Crippen molar-refractivity contribution in [2.75, 3.05) is 13.2 Å². The number of aliphatic hydroxyl groups is 1. The molecular formula is C15H22O4. The van der Waals surface area contributed by atoms with Crippen LogP contribution < -0.4 is 0 Å². The second-order valence-electron chi connectivity index (χ2n) is 7.99. The summed E-state index contributed by atoms with van der Waals surface area (Å²) >= 11 is 0. The van der Waals surface area contributed by atoms with Gasteiger partial charge in [0.2, 0.25) is 0 Å². The molecule has 0 aromatic heterocycles. The zero-order valence-corrected chi connectivity index (χ0v) is 11.7. The molecule has 5 aliphatic heterocycles. The van der Waals surface area contributed by atoms with E-state index >= 15 is 0 Å². The van der Waals surface area contributed by atoms with Crippen LogP contribution in [0, 0.1) is 10.8 Å². The molecule has 5 saturated heterocycles. The second kappa shape index (κ2) is 2.76. The molecule has 19 heavy (non-hydrogen) atoms. The van der Waals surface area contributed by atoms with E-state index in [4.69, 9.17) is 14.2 Å². The number of aliphatic hydroxyl groups excluding tert-OH is 1. The molecule has 4 heteroatoms. The fourth-order valence-electron chi connectivity index (χ4n) is 6.22. The van der Waals surface area contributed by atoms with Crippen molar-refractivity contribution in [2.45, 2.75) is 69.0 Å². The molecule has 1 N–H and O–H groups in total. The molecule has 7 aliphatic rings. The first-order valence-corrected chi connectivity index (χ1v) is 7.55. The lowest BCUT2D eigenvalue weighted by Gasteiger charge is -2.64. The van der Waals surface area contributed by atoms with E-state index in [0.717, 1.165) is 38.7 Å². The van der Waals surface area contributed by atoms with Crippen LogP contribution in [0.3, 0.4) is 0 Å². The maximum atomic E-state index is 10.0. The summed E-state index contributed by atoms with van der Waals surface area (Å²) in [5.74, 6) is -0.489. The van der Waals surface area contributed by atoms with Crippen molar-refractivity contribution >= 4 is 0 Å². The number of ether oxygens (including phenoxy) is 3. The molecule has 2 saturated carbocycles. The van der Waals surface area contributed by atoms with Crippen molar-refractivity contribution in [3.8, 4) is 0 Å². The predicted molar refractivity (Wildman–Crippen MR) is 66.5 cm³/mol. The molecule has 6 atom stereocenters.